The van der Waals surface area contributed by atoms with E-state index in [1.165, 1.54) is 19.4 Å². The molecule has 0 aromatic rings. The molecule has 1 rings (SSSR count). The highest BCUT2D eigenvalue weighted by Gasteiger charge is 2.19. The minimum atomic E-state index is 0.755. The van der Waals surface area contributed by atoms with Crippen LogP contribution in [0.4, 0.5) is 0 Å². The third kappa shape index (κ3) is 4.38. The molecule has 0 amide bonds. The monoisotopic (exact) mass is 166 g/mol. The molecule has 0 aliphatic heterocycles. The number of terminal acetylenes is 1. The van der Waals surface area contributed by atoms with E-state index in [9.17, 15) is 0 Å². The second-order valence-electron chi connectivity index (χ2n) is 3.59. The van der Waals surface area contributed by atoms with Gasteiger partial charge in [0, 0.05) is 13.1 Å². The Balaban J connectivity index is 1.83. The second-order valence-corrected chi connectivity index (χ2v) is 3.59. The molecule has 0 atom stereocenters. The van der Waals surface area contributed by atoms with Crippen LogP contribution in [0.25, 0.3) is 0 Å². The minimum Gasteiger partial charge on any atom is -0.315 e. The van der Waals surface area contributed by atoms with Crippen molar-refractivity contribution in [3.05, 3.63) is 0 Å². The SMILES string of the molecule is C#CCN(C)CCNCC1CC1. The van der Waals surface area contributed by atoms with Gasteiger partial charge in [-0.2, -0.15) is 0 Å². The number of nitrogens with zero attached hydrogens (tertiary/aromatic N) is 1. The highest BCUT2D eigenvalue weighted by molar-refractivity contribution is 4.87. The third-order valence-corrected chi connectivity index (χ3v) is 2.16. The van der Waals surface area contributed by atoms with Gasteiger partial charge in [0.15, 0.2) is 0 Å². The first-order chi connectivity index (χ1) is 5.83. The van der Waals surface area contributed by atoms with E-state index in [1.807, 2.05) is 0 Å². The van der Waals surface area contributed by atoms with Gasteiger partial charge in [-0.3, -0.25) is 4.90 Å². The Morgan fingerprint density at radius 1 is 1.58 bits per heavy atom. The summed E-state index contributed by atoms with van der Waals surface area (Å²) in [5.41, 5.74) is 0. The molecule has 0 aromatic heterocycles. The van der Waals surface area contributed by atoms with Crippen molar-refractivity contribution >= 4 is 0 Å². The molecule has 0 spiro atoms. The molecular weight excluding hydrogens is 148 g/mol. The van der Waals surface area contributed by atoms with E-state index in [2.05, 4.69) is 23.2 Å². The second kappa shape index (κ2) is 5.18. The standard InChI is InChI=1S/C10H18N2/c1-3-7-12(2)8-6-11-9-10-4-5-10/h1,10-11H,4-9H2,2H3. The van der Waals surface area contributed by atoms with Gasteiger partial charge < -0.3 is 5.32 Å². The molecule has 12 heavy (non-hydrogen) atoms. The maximum absolute atomic E-state index is 5.18. The summed E-state index contributed by atoms with van der Waals surface area (Å²) in [7, 11) is 2.05. The van der Waals surface area contributed by atoms with Crippen LogP contribution in [0.2, 0.25) is 0 Å². The molecule has 2 heteroatoms. The van der Waals surface area contributed by atoms with Crippen LogP contribution in [-0.2, 0) is 0 Å². The van der Waals surface area contributed by atoms with Crippen molar-refractivity contribution in [1.29, 1.82) is 0 Å². The molecule has 0 heterocycles. The van der Waals surface area contributed by atoms with Crippen molar-refractivity contribution in [2.24, 2.45) is 5.92 Å². The Morgan fingerprint density at radius 2 is 2.33 bits per heavy atom. The summed E-state index contributed by atoms with van der Waals surface area (Å²) in [4.78, 5) is 2.15. The lowest BCUT2D eigenvalue weighted by molar-refractivity contribution is 0.369. The molecule has 0 saturated heterocycles. The van der Waals surface area contributed by atoms with E-state index in [-0.39, 0.29) is 0 Å². The zero-order chi connectivity index (χ0) is 8.81. The zero-order valence-corrected chi connectivity index (χ0v) is 7.84. The Labute approximate surface area is 75.3 Å². The Morgan fingerprint density at radius 3 is 2.92 bits per heavy atom. The van der Waals surface area contributed by atoms with Crippen LogP contribution in [-0.4, -0.2) is 38.1 Å². The summed E-state index contributed by atoms with van der Waals surface area (Å²) < 4.78 is 0. The lowest BCUT2D eigenvalue weighted by Crippen LogP contribution is -2.30. The molecule has 2 nitrogen and oxygen atoms in total. The van der Waals surface area contributed by atoms with Gasteiger partial charge in [-0.25, -0.2) is 0 Å². The van der Waals surface area contributed by atoms with Gasteiger partial charge >= 0.3 is 0 Å². The average Bonchev–Trinajstić information content (AvgIpc) is 2.82. The molecule has 0 bridgehead atoms. The molecule has 1 fully saturated rings. The van der Waals surface area contributed by atoms with E-state index >= 15 is 0 Å². The third-order valence-electron chi connectivity index (χ3n) is 2.16. The van der Waals surface area contributed by atoms with Crippen LogP contribution in [0.1, 0.15) is 12.8 Å². The van der Waals surface area contributed by atoms with Crippen LogP contribution in [0.5, 0.6) is 0 Å². The topological polar surface area (TPSA) is 15.3 Å². The van der Waals surface area contributed by atoms with Crippen LogP contribution in [0.15, 0.2) is 0 Å². The van der Waals surface area contributed by atoms with E-state index < -0.39 is 0 Å². The van der Waals surface area contributed by atoms with Crippen LogP contribution in [0.3, 0.4) is 0 Å². The molecule has 1 saturated carbocycles. The highest BCUT2D eigenvalue weighted by atomic mass is 15.1. The molecule has 68 valence electrons. The summed E-state index contributed by atoms with van der Waals surface area (Å²) in [5.74, 6) is 3.60. The van der Waals surface area contributed by atoms with Crippen molar-refractivity contribution in [3.63, 3.8) is 0 Å². The fraction of sp³-hybridized carbons (Fsp3) is 0.800. The molecule has 1 N–H and O–H groups in total. The minimum absolute atomic E-state index is 0.755. The summed E-state index contributed by atoms with van der Waals surface area (Å²) in [5, 5.41) is 3.43. The first kappa shape index (κ1) is 9.57. The zero-order valence-electron chi connectivity index (χ0n) is 7.84. The summed E-state index contributed by atoms with van der Waals surface area (Å²) in [6.45, 7) is 4.07. The van der Waals surface area contributed by atoms with Crippen molar-refractivity contribution in [2.75, 3.05) is 33.2 Å². The summed E-state index contributed by atoms with van der Waals surface area (Å²) in [6.07, 6.45) is 8.03. The van der Waals surface area contributed by atoms with Gasteiger partial charge in [-0.05, 0) is 32.4 Å². The van der Waals surface area contributed by atoms with Crippen LogP contribution < -0.4 is 5.32 Å². The maximum Gasteiger partial charge on any atom is 0.0596 e. The number of nitrogens with one attached hydrogen (secondary N) is 1. The first-order valence-corrected chi connectivity index (χ1v) is 4.65. The molecule has 0 unspecified atom stereocenters. The summed E-state index contributed by atoms with van der Waals surface area (Å²) >= 11 is 0. The Kier molecular flexibility index (Phi) is 4.13. The summed E-state index contributed by atoms with van der Waals surface area (Å²) in [6, 6.07) is 0. The lowest BCUT2D eigenvalue weighted by atomic mass is 10.4. The van der Waals surface area contributed by atoms with Gasteiger partial charge in [0.1, 0.15) is 0 Å². The molecule has 1 aliphatic rings. The lowest BCUT2D eigenvalue weighted by Gasteiger charge is -2.13. The number of hydrogen-bond acceptors (Lipinski definition) is 2. The molecule has 1 aliphatic carbocycles. The van der Waals surface area contributed by atoms with Crippen molar-refractivity contribution in [1.82, 2.24) is 10.2 Å². The Bertz CT molecular complexity index is 156. The normalized spacial score (nSPS) is 16.4. The highest BCUT2D eigenvalue weighted by Crippen LogP contribution is 2.27. The number of rotatable bonds is 6. The first-order valence-electron chi connectivity index (χ1n) is 4.65. The van der Waals surface area contributed by atoms with Gasteiger partial charge in [0.05, 0.1) is 6.54 Å². The van der Waals surface area contributed by atoms with Crippen LogP contribution >= 0.6 is 0 Å². The van der Waals surface area contributed by atoms with Gasteiger partial charge in [-0.1, -0.05) is 5.92 Å². The van der Waals surface area contributed by atoms with Gasteiger partial charge in [-0.15, -0.1) is 6.42 Å². The maximum atomic E-state index is 5.18. The Hall–Kier alpha value is -0.520. The largest absolute Gasteiger partial charge is 0.315 e. The fourth-order valence-corrected chi connectivity index (χ4v) is 1.13. The van der Waals surface area contributed by atoms with Gasteiger partial charge in [0.2, 0.25) is 0 Å². The van der Waals surface area contributed by atoms with Crippen molar-refractivity contribution in [3.8, 4) is 12.3 Å². The van der Waals surface area contributed by atoms with Crippen LogP contribution in [0, 0.1) is 18.3 Å². The molecule has 0 radical (unpaired) electrons. The van der Waals surface area contributed by atoms with E-state index in [4.69, 9.17) is 6.42 Å². The smallest absolute Gasteiger partial charge is 0.0596 e. The number of likely N-dealkylation sites (N-methyl/N-ethyl adjacent to an activating group) is 1. The van der Waals surface area contributed by atoms with Crippen molar-refractivity contribution in [2.45, 2.75) is 12.8 Å². The number of hydrogen-bond donors (Lipinski definition) is 1. The fourth-order valence-electron chi connectivity index (χ4n) is 1.13. The quantitative estimate of drug-likeness (QED) is 0.458. The van der Waals surface area contributed by atoms with E-state index in [0.717, 1.165) is 25.6 Å². The van der Waals surface area contributed by atoms with E-state index in [0.29, 0.717) is 0 Å². The average molecular weight is 166 g/mol. The molecule has 0 aromatic carbocycles. The van der Waals surface area contributed by atoms with E-state index in [1.54, 1.807) is 0 Å². The molecular formula is C10H18N2. The van der Waals surface area contributed by atoms with Gasteiger partial charge in [0.25, 0.3) is 0 Å². The predicted octanol–water partition coefficient (Wildman–Crippen LogP) is 0.551. The predicted molar refractivity (Wildman–Crippen MR) is 51.9 cm³/mol. The van der Waals surface area contributed by atoms with Crippen molar-refractivity contribution < 1.29 is 0 Å².